The Bertz CT molecular complexity index is 480. The number of aromatic nitrogens is 2. The van der Waals surface area contributed by atoms with E-state index in [9.17, 15) is 0 Å². The number of nitriles is 1. The van der Waals surface area contributed by atoms with E-state index in [0.717, 1.165) is 11.0 Å². The summed E-state index contributed by atoms with van der Waals surface area (Å²) in [6, 6.07) is 9.29. The van der Waals surface area contributed by atoms with Gasteiger partial charge in [-0.2, -0.15) is 5.26 Å². The lowest BCUT2D eigenvalue weighted by atomic mass is 10.3. The van der Waals surface area contributed by atoms with Crippen molar-refractivity contribution < 1.29 is 0 Å². The lowest BCUT2D eigenvalue weighted by molar-refractivity contribution is 0.652. The van der Waals surface area contributed by atoms with Gasteiger partial charge in [0.1, 0.15) is 6.04 Å². The highest BCUT2D eigenvalue weighted by Crippen LogP contribution is 2.11. The summed E-state index contributed by atoms with van der Waals surface area (Å²) >= 11 is 0. The first-order valence-corrected chi connectivity index (χ1v) is 4.36. The van der Waals surface area contributed by atoms with Crippen molar-refractivity contribution in [3.05, 3.63) is 30.6 Å². The monoisotopic (exact) mass is 186 g/mol. The minimum atomic E-state index is -0.479. The molecule has 0 aliphatic heterocycles. The van der Waals surface area contributed by atoms with Gasteiger partial charge in [0, 0.05) is 0 Å². The van der Waals surface area contributed by atoms with Gasteiger partial charge in [-0.25, -0.2) is 4.98 Å². The third kappa shape index (κ3) is 1.45. The topological polar surface area (TPSA) is 67.6 Å². The van der Waals surface area contributed by atoms with E-state index < -0.39 is 6.04 Å². The zero-order chi connectivity index (χ0) is 9.97. The van der Waals surface area contributed by atoms with Crippen LogP contribution in [-0.4, -0.2) is 15.6 Å². The lowest BCUT2D eigenvalue weighted by Crippen LogP contribution is -2.23. The minimum Gasteiger partial charge on any atom is -0.328 e. The van der Waals surface area contributed by atoms with Crippen molar-refractivity contribution in [3.63, 3.8) is 0 Å². The van der Waals surface area contributed by atoms with Crippen LogP contribution >= 0.6 is 0 Å². The Morgan fingerprint density at radius 2 is 2.29 bits per heavy atom. The number of benzene rings is 1. The first-order chi connectivity index (χ1) is 6.81. The fourth-order valence-corrected chi connectivity index (χ4v) is 1.41. The predicted octanol–water partition coefficient (Wildman–Crippen LogP) is 0.887. The second kappa shape index (κ2) is 3.48. The molecule has 1 heterocycles. The highest BCUT2D eigenvalue weighted by atomic mass is 15.1. The quantitative estimate of drug-likeness (QED) is 0.757. The van der Waals surface area contributed by atoms with Crippen LogP contribution in [0.3, 0.4) is 0 Å². The molecule has 0 saturated carbocycles. The number of hydrogen-bond donors (Lipinski definition) is 1. The summed E-state index contributed by atoms with van der Waals surface area (Å²) in [6.45, 7) is 0.483. The van der Waals surface area contributed by atoms with Crippen molar-refractivity contribution in [1.29, 1.82) is 5.26 Å². The van der Waals surface area contributed by atoms with Crippen molar-refractivity contribution in [2.45, 2.75) is 12.6 Å². The molecule has 0 aliphatic rings. The van der Waals surface area contributed by atoms with E-state index >= 15 is 0 Å². The average Bonchev–Trinajstić information content (AvgIpc) is 2.62. The number of fused-ring (bicyclic) bond motifs is 1. The molecule has 0 amide bonds. The van der Waals surface area contributed by atoms with Crippen molar-refractivity contribution in [3.8, 4) is 6.07 Å². The minimum absolute atomic E-state index is 0.479. The Kier molecular flexibility index (Phi) is 2.17. The summed E-state index contributed by atoms with van der Waals surface area (Å²) < 4.78 is 1.89. The van der Waals surface area contributed by atoms with Crippen LogP contribution in [0.2, 0.25) is 0 Å². The van der Waals surface area contributed by atoms with Crippen molar-refractivity contribution >= 4 is 11.0 Å². The number of nitrogens with zero attached hydrogens (tertiary/aromatic N) is 3. The summed E-state index contributed by atoms with van der Waals surface area (Å²) in [7, 11) is 0. The highest BCUT2D eigenvalue weighted by Gasteiger charge is 2.05. The van der Waals surface area contributed by atoms with Gasteiger partial charge in [0.25, 0.3) is 0 Å². The molecular formula is C10H10N4. The molecule has 0 radical (unpaired) electrons. The van der Waals surface area contributed by atoms with E-state index in [1.165, 1.54) is 0 Å². The molecule has 0 bridgehead atoms. The molecule has 4 nitrogen and oxygen atoms in total. The summed E-state index contributed by atoms with van der Waals surface area (Å²) in [6.07, 6.45) is 1.71. The highest BCUT2D eigenvalue weighted by molar-refractivity contribution is 5.74. The van der Waals surface area contributed by atoms with Crippen LogP contribution in [0, 0.1) is 11.3 Å². The fourth-order valence-electron chi connectivity index (χ4n) is 1.41. The smallest absolute Gasteiger partial charge is 0.111 e. The van der Waals surface area contributed by atoms with Crippen LogP contribution < -0.4 is 5.73 Å². The second-order valence-corrected chi connectivity index (χ2v) is 3.12. The van der Waals surface area contributed by atoms with Gasteiger partial charge in [-0.1, -0.05) is 12.1 Å². The molecule has 4 heteroatoms. The Balaban J connectivity index is 2.39. The zero-order valence-corrected chi connectivity index (χ0v) is 7.59. The summed E-state index contributed by atoms with van der Waals surface area (Å²) in [4.78, 5) is 4.20. The maximum Gasteiger partial charge on any atom is 0.111 e. The Hall–Kier alpha value is -1.86. The third-order valence-electron chi connectivity index (χ3n) is 2.09. The van der Waals surface area contributed by atoms with E-state index in [1.54, 1.807) is 6.33 Å². The SMILES string of the molecule is N#CC(N)Cn1cnc2ccccc21. The molecule has 1 aromatic heterocycles. The molecule has 1 aromatic carbocycles. The summed E-state index contributed by atoms with van der Waals surface area (Å²) in [5, 5.41) is 8.60. The number of rotatable bonds is 2. The van der Waals surface area contributed by atoms with E-state index in [-0.39, 0.29) is 0 Å². The molecule has 2 rings (SSSR count). The molecule has 0 spiro atoms. The van der Waals surface area contributed by atoms with E-state index in [0.29, 0.717) is 6.54 Å². The maximum absolute atomic E-state index is 8.60. The Morgan fingerprint density at radius 3 is 3.07 bits per heavy atom. The number of imidazole rings is 1. The van der Waals surface area contributed by atoms with Crippen molar-refractivity contribution in [1.82, 2.24) is 9.55 Å². The second-order valence-electron chi connectivity index (χ2n) is 3.12. The first kappa shape index (κ1) is 8.73. The van der Waals surface area contributed by atoms with Gasteiger partial charge in [0.15, 0.2) is 0 Å². The maximum atomic E-state index is 8.60. The van der Waals surface area contributed by atoms with Crippen molar-refractivity contribution in [2.24, 2.45) is 5.73 Å². The average molecular weight is 186 g/mol. The number of hydrogen-bond acceptors (Lipinski definition) is 3. The van der Waals surface area contributed by atoms with Crippen molar-refractivity contribution in [2.75, 3.05) is 0 Å². The standard InChI is InChI=1S/C10H10N4/c11-5-8(12)6-14-7-13-9-3-1-2-4-10(9)14/h1-4,7-8H,6,12H2. The third-order valence-corrected chi connectivity index (χ3v) is 2.09. The molecule has 14 heavy (non-hydrogen) atoms. The molecular weight excluding hydrogens is 176 g/mol. The van der Waals surface area contributed by atoms with Gasteiger partial charge in [0.2, 0.25) is 0 Å². The van der Waals surface area contributed by atoms with E-state index in [2.05, 4.69) is 4.98 Å². The van der Waals surface area contributed by atoms with Crippen LogP contribution in [0.1, 0.15) is 0 Å². The molecule has 2 N–H and O–H groups in total. The lowest BCUT2D eigenvalue weighted by Gasteiger charge is -2.04. The van der Waals surface area contributed by atoms with Gasteiger partial charge < -0.3 is 10.3 Å². The Labute approximate surface area is 81.6 Å². The number of para-hydroxylation sites is 2. The molecule has 0 aliphatic carbocycles. The van der Waals surface area contributed by atoms with Crippen LogP contribution in [0.25, 0.3) is 11.0 Å². The normalized spacial score (nSPS) is 12.6. The van der Waals surface area contributed by atoms with Gasteiger partial charge in [-0.15, -0.1) is 0 Å². The van der Waals surface area contributed by atoms with Crippen LogP contribution in [0.5, 0.6) is 0 Å². The summed E-state index contributed by atoms with van der Waals surface area (Å²) in [5.74, 6) is 0. The fraction of sp³-hybridized carbons (Fsp3) is 0.200. The largest absolute Gasteiger partial charge is 0.328 e. The molecule has 2 aromatic rings. The van der Waals surface area contributed by atoms with Crippen LogP contribution in [0.4, 0.5) is 0 Å². The van der Waals surface area contributed by atoms with E-state index in [1.807, 2.05) is 34.9 Å². The molecule has 1 unspecified atom stereocenters. The predicted molar refractivity (Wildman–Crippen MR) is 53.3 cm³/mol. The van der Waals surface area contributed by atoms with E-state index in [4.69, 9.17) is 11.0 Å². The molecule has 70 valence electrons. The van der Waals surface area contributed by atoms with Gasteiger partial charge in [-0.05, 0) is 12.1 Å². The Morgan fingerprint density at radius 1 is 1.50 bits per heavy atom. The summed E-state index contributed by atoms with van der Waals surface area (Å²) in [5.41, 5.74) is 7.49. The van der Waals surface area contributed by atoms with Crippen LogP contribution in [-0.2, 0) is 6.54 Å². The van der Waals surface area contributed by atoms with Gasteiger partial charge in [0.05, 0.1) is 30.0 Å². The molecule has 0 saturated heterocycles. The zero-order valence-electron chi connectivity index (χ0n) is 7.59. The van der Waals surface area contributed by atoms with Gasteiger partial charge in [-0.3, -0.25) is 0 Å². The first-order valence-electron chi connectivity index (χ1n) is 4.36. The molecule has 1 atom stereocenters. The molecule has 0 fully saturated rings. The van der Waals surface area contributed by atoms with Crippen LogP contribution in [0.15, 0.2) is 30.6 Å². The van der Waals surface area contributed by atoms with Gasteiger partial charge >= 0.3 is 0 Å². The number of nitrogens with two attached hydrogens (primary N) is 1.